The van der Waals surface area contributed by atoms with Gasteiger partial charge in [0.15, 0.2) is 0 Å². The fourth-order valence-corrected chi connectivity index (χ4v) is 1.97. The van der Waals surface area contributed by atoms with Gasteiger partial charge in [-0.15, -0.1) is 0 Å². The van der Waals surface area contributed by atoms with E-state index in [1.54, 1.807) is 18.2 Å². The van der Waals surface area contributed by atoms with Crippen LogP contribution in [0.25, 0.3) is 5.57 Å². The Kier molecular flexibility index (Phi) is 3.47. The fraction of sp³-hybridized carbons (Fsp3) is 0.125. The van der Waals surface area contributed by atoms with E-state index in [0.29, 0.717) is 11.1 Å². The first-order valence-corrected chi connectivity index (χ1v) is 6.01. The third-order valence-corrected chi connectivity index (χ3v) is 3.28. The highest BCUT2D eigenvalue weighted by Gasteiger charge is 2.16. The van der Waals surface area contributed by atoms with E-state index < -0.39 is 0 Å². The standard InChI is InChI=1S/C16H15NO2/c1-11-8-9-14(10-12(11)2)13(3)15-6-4-5-7-16(15)17(18)19/h4-10H,3H2,1-2H3. The number of benzene rings is 2. The minimum Gasteiger partial charge on any atom is -0.258 e. The lowest BCUT2D eigenvalue weighted by Crippen LogP contribution is -1.96. The number of nitro benzene ring substituents is 1. The van der Waals surface area contributed by atoms with Gasteiger partial charge in [-0.3, -0.25) is 10.1 Å². The topological polar surface area (TPSA) is 43.1 Å². The third kappa shape index (κ3) is 2.55. The molecule has 0 aliphatic heterocycles. The summed E-state index contributed by atoms with van der Waals surface area (Å²) in [6.07, 6.45) is 0. The van der Waals surface area contributed by atoms with Crippen molar-refractivity contribution in [3.8, 4) is 0 Å². The van der Waals surface area contributed by atoms with Gasteiger partial charge in [0.05, 0.1) is 10.5 Å². The van der Waals surface area contributed by atoms with E-state index in [9.17, 15) is 10.1 Å². The maximum Gasteiger partial charge on any atom is 0.277 e. The lowest BCUT2D eigenvalue weighted by atomic mass is 9.95. The average Bonchev–Trinajstić information content (AvgIpc) is 2.41. The van der Waals surface area contributed by atoms with Crippen LogP contribution >= 0.6 is 0 Å². The minimum absolute atomic E-state index is 0.0886. The normalized spacial score (nSPS) is 10.2. The van der Waals surface area contributed by atoms with Crippen molar-refractivity contribution in [3.05, 3.63) is 81.4 Å². The van der Waals surface area contributed by atoms with Gasteiger partial charge in [0.1, 0.15) is 0 Å². The summed E-state index contributed by atoms with van der Waals surface area (Å²) in [4.78, 5) is 10.7. The van der Waals surface area contributed by atoms with Crippen LogP contribution in [-0.4, -0.2) is 4.92 Å². The molecule has 2 aromatic carbocycles. The highest BCUT2D eigenvalue weighted by atomic mass is 16.6. The van der Waals surface area contributed by atoms with Crippen LogP contribution in [0.5, 0.6) is 0 Å². The number of rotatable bonds is 3. The monoisotopic (exact) mass is 253 g/mol. The third-order valence-electron chi connectivity index (χ3n) is 3.28. The van der Waals surface area contributed by atoms with Crippen LogP contribution < -0.4 is 0 Å². The molecule has 0 amide bonds. The Balaban J connectivity index is 2.50. The molecule has 0 N–H and O–H groups in total. The highest BCUT2D eigenvalue weighted by Crippen LogP contribution is 2.30. The second kappa shape index (κ2) is 5.06. The van der Waals surface area contributed by atoms with E-state index in [4.69, 9.17) is 0 Å². The Hall–Kier alpha value is -2.42. The number of nitro groups is 1. The molecule has 0 aliphatic carbocycles. The molecular formula is C16H15NO2. The van der Waals surface area contributed by atoms with Gasteiger partial charge in [0, 0.05) is 6.07 Å². The Bertz CT molecular complexity index is 660. The van der Waals surface area contributed by atoms with Crippen molar-refractivity contribution < 1.29 is 4.92 Å². The molecule has 0 unspecified atom stereocenters. The summed E-state index contributed by atoms with van der Waals surface area (Å²) in [5, 5.41) is 11.0. The molecule has 0 radical (unpaired) electrons. The number of hydrogen-bond donors (Lipinski definition) is 0. The summed E-state index contributed by atoms with van der Waals surface area (Å²) in [7, 11) is 0. The second-order valence-electron chi connectivity index (χ2n) is 4.55. The summed E-state index contributed by atoms with van der Waals surface area (Å²) >= 11 is 0. The lowest BCUT2D eigenvalue weighted by molar-refractivity contribution is -0.385. The smallest absolute Gasteiger partial charge is 0.258 e. The van der Waals surface area contributed by atoms with Crippen LogP contribution in [0.4, 0.5) is 5.69 Å². The summed E-state index contributed by atoms with van der Waals surface area (Å²) in [5.74, 6) is 0. The molecule has 0 aliphatic rings. The van der Waals surface area contributed by atoms with Crippen molar-refractivity contribution in [2.75, 3.05) is 0 Å². The Morgan fingerprint density at radius 1 is 1.11 bits per heavy atom. The fourth-order valence-electron chi connectivity index (χ4n) is 1.97. The molecule has 0 atom stereocenters. The van der Waals surface area contributed by atoms with Crippen LogP contribution in [0.15, 0.2) is 49.0 Å². The summed E-state index contributed by atoms with van der Waals surface area (Å²) in [5.41, 5.74) is 4.59. The molecular weight excluding hydrogens is 238 g/mol. The number of nitrogens with zero attached hydrogens (tertiary/aromatic N) is 1. The molecule has 0 spiro atoms. The maximum atomic E-state index is 11.0. The molecule has 2 rings (SSSR count). The lowest BCUT2D eigenvalue weighted by Gasteiger charge is -2.09. The van der Waals surface area contributed by atoms with Gasteiger partial charge < -0.3 is 0 Å². The van der Waals surface area contributed by atoms with Gasteiger partial charge in [0.2, 0.25) is 0 Å². The Morgan fingerprint density at radius 2 is 1.79 bits per heavy atom. The Morgan fingerprint density at radius 3 is 2.42 bits per heavy atom. The number of aryl methyl sites for hydroxylation is 2. The number of para-hydroxylation sites is 1. The summed E-state index contributed by atoms with van der Waals surface area (Å²) in [6, 6.07) is 12.6. The quantitative estimate of drug-likeness (QED) is 0.605. The van der Waals surface area contributed by atoms with Gasteiger partial charge in [-0.1, -0.05) is 36.9 Å². The zero-order valence-electron chi connectivity index (χ0n) is 11.0. The van der Waals surface area contributed by atoms with Gasteiger partial charge >= 0.3 is 0 Å². The predicted molar refractivity (Wildman–Crippen MR) is 77.1 cm³/mol. The summed E-state index contributed by atoms with van der Waals surface area (Å²) in [6.45, 7) is 8.06. The van der Waals surface area contributed by atoms with Crippen molar-refractivity contribution in [1.82, 2.24) is 0 Å². The molecule has 0 saturated carbocycles. The van der Waals surface area contributed by atoms with Crippen LogP contribution in [0.3, 0.4) is 0 Å². The van der Waals surface area contributed by atoms with E-state index in [2.05, 4.69) is 6.58 Å². The van der Waals surface area contributed by atoms with Gasteiger partial charge in [-0.25, -0.2) is 0 Å². The van der Waals surface area contributed by atoms with E-state index in [1.165, 1.54) is 11.6 Å². The Labute approximate surface area is 112 Å². The molecule has 0 heterocycles. The van der Waals surface area contributed by atoms with Crippen molar-refractivity contribution in [3.63, 3.8) is 0 Å². The first-order valence-electron chi connectivity index (χ1n) is 6.01. The van der Waals surface area contributed by atoms with E-state index in [1.807, 2.05) is 32.0 Å². The predicted octanol–water partition coefficient (Wildman–Crippen LogP) is 4.27. The van der Waals surface area contributed by atoms with Gasteiger partial charge in [0.25, 0.3) is 5.69 Å². The van der Waals surface area contributed by atoms with Crippen molar-refractivity contribution in [2.45, 2.75) is 13.8 Å². The number of hydrogen-bond acceptors (Lipinski definition) is 2. The molecule has 96 valence electrons. The van der Waals surface area contributed by atoms with Crippen LogP contribution in [0.2, 0.25) is 0 Å². The van der Waals surface area contributed by atoms with Crippen molar-refractivity contribution >= 4 is 11.3 Å². The second-order valence-corrected chi connectivity index (χ2v) is 4.55. The first-order chi connectivity index (χ1) is 9.00. The average molecular weight is 253 g/mol. The molecule has 3 heteroatoms. The van der Waals surface area contributed by atoms with Crippen molar-refractivity contribution in [2.24, 2.45) is 0 Å². The zero-order chi connectivity index (χ0) is 14.0. The molecule has 0 saturated heterocycles. The van der Waals surface area contributed by atoms with Crippen molar-refractivity contribution in [1.29, 1.82) is 0 Å². The van der Waals surface area contributed by atoms with Crippen LogP contribution in [0, 0.1) is 24.0 Å². The molecule has 0 fully saturated rings. The largest absolute Gasteiger partial charge is 0.277 e. The van der Waals surface area contributed by atoms with E-state index in [0.717, 1.165) is 11.1 Å². The first kappa shape index (κ1) is 13.0. The van der Waals surface area contributed by atoms with Gasteiger partial charge in [-0.05, 0) is 42.2 Å². The minimum atomic E-state index is -0.373. The SMILES string of the molecule is C=C(c1ccc(C)c(C)c1)c1ccccc1[N+](=O)[O-]. The molecule has 2 aromatic rings. The van der Waals surface area contributed by atoms with Gasteiger partial charge in [-0.2, -0.15) is 0 Å². The summed E-state index contributed by atoms with van der Waals surface area (Å²) < 4.78 is 0. The van der Waals surface area contributed by atoms with E-state index >= 15 is 0 Å². The maximum absolute atomic E-state index is 11.0. The molecule has 19 heavy (non-hydrogen) atoms. The molecule has 0 aromatic heterocycles. The van der Waals surface area contributed by atoms with Crippen LogP contribution in [0.1, 0.15) is 22.3 Å². The molecule has 3 nitrogen and oxygen atoms in total. The zero-order valence-corrected chi connectivity index (χ0v) is 11.0. The highest BCUT2D eigenvalue weighted by molar-refractivity contribution is 5.82. The van der Waals surface area contributed by atoms with Crippen LogP contribution in [-0.2, 0) is 0 Å². The molecule has 0 bridgehead atoms. The van der Waals surface area contributed by atoms with E-state index in [-0.39, 0.29) is 10.6 Å².